The predicted molar refractivity (Wildman–Crippen MR) is 127 cm³/mol. The summed E-state index contributed by atoms with van der Waals surface area (Å²) in [6.45, 7) is 6.58. The summed E-state index contributed by atoms with van der Waals surface area (Å²) < 4.78 is 5.15. The Morgan fingerprint density at radius 2 is 1.94 bits per heavy atom. The molecule has 2 amide bonds. The van der Waals surface area contributed by atoms with Gasteiger partial charge < -0.3 is 10.1 Å². The summed E-state index contributed by atoms with van der Waals surface area (Å²) in [5.41, 5.74) is 4.42. The highest BCUT2D eigenvalue weighted by Gasteiger charge is 2.39. The highest BCUT2D eigenvalue weighted by atomic mass is 35.5. The van der Waals surface area contributed by atoms with E-state index in [1.165, 1.54) is 11.8 Å². The standard InChI is InChI=1S/C23H26ClN3O3S/c1-14-5-6-16(3)19(11-14)26-21(28)13-20-22(29)27(9-10-30-4)23(31-20)25-17-8-7-15(2)18(24)12-17/h5-8,11-12,20H,9-10,13H2,1-4H3,(H,26,28). The molecule has 0 aromatic heterocycles. The minimum absolute atomic E-state index is 0.0635. The number of methoxy groups -OCH3 is 1. The highest BCUT2D eigenvalue weighted by molar-refractivity contribution is 8.15. The smallest absolute Gasteiger partial charge is 0.242 e. The number of aliphatic imine (C=N–C) groups is 1. The SMILES string of the molecule is COCCN1C(=O)C(CC(=O)Nc2cc(C)ccc2C)SC1=Nc1ccc(C)c(Cl)c1. The minimum Gasteiger partial charge on any atom is -0.383 e. The van der Waals surface area contributed by atoms with Crippen molar-refractivity contribution in [3.8, 4) is 0 Å². The zero-order valence-electron chi connectivity index (χ0n) is 18.1. The Hall–Kier alpha value is -2.35. The van der Waals surface area contributed by atoms with E-state index in [4.69, 9.17) is 16.3 Å². The average molecular weight is 460 g/mol. The number of amides is 2. The average Bonchev–Trinajstić information content (AvgIpc) is 3.00. The summed E-state index contributed by atoms with van der Waals surface area (Å²) in [7, 11) is 1.58. The van der Waals surface area contributed by atoms with Crippen LogP contribution in [0.3, 0.4) is 0 Å². The lowest BCUT2D eigenvalue weighted by molar-refractivity contribution is -0.128. The maximum Gasteiger partial charge on any atom is 0.242 e. The largest absolute Gasteiger partial charge is 0.383 e. The molecule has 1 fully saturated rings. The van der Waals surface area contributed by atoms with Gasteiger partial charge in [0, 0.05) is 24.2 Å². The lowest BCUT2D eigenvalue weighted by atomic mass is 10.1. The molecule has 0 radical (unpaired) electrons. The van der Waals surface area contributed by atoms with E-state index < -0.39 is 5.25 Å². The summed E-state index contributed by atoms with van der Waals surface area (Å²) in [6, 6.07) is 11.4. The van der Waals surface area contributed by atoms with Crippen LogP contribution in [0.15, 0.2) is 41.4 Å². The number of amidine groups is 1. The van der Waals surface area contributed by atoms with Gasteiger partial charge in [0.2, 0.25) is 11.8 Å². The molecule has 1 heterocycles. The van der Waals surface area contributed by atoms with Crippen LogP contribution in [0, 0.1) is 20.8 Å². The zero-order chi connectivity index (χ0) is 22.5. The van der Waals surface area contributed by atoms with Gasteiger partial charge in [-0.1, -0.05) is 41.6 Å². The number of carbonyl (C=O) groups is 2. The van der Waals surface area contributed by atoms with Crippen LogP contribution in [-0.4, -0.2) is 47.4 Å². The van der Waals surface area contributed by atoms with Crippen molar-refractivity contribution in [1.82, 2.24) is 4.90 Å². The molecular weight excluding hydrogens is 434 g/mol. The lowest BCUT2D eigenvalue weighted by Gasteiger charge is -2.16. The van der Waals surface area contributed by atoms with Crippen LogP contribution in [0.2, 0.25) is 5.02 Å². The normalized spacial score (nSPS) is 17.5. The molecule has 31 heavy (non-hydrogen) atoms. The van der Waals surface area contributed by atoms with Gasteiger partial charge in [0.05, 0.1) is 18.8 Å². The van der Waals surface area contributed by atoms with Crippen LogP contribution in [0.5, 0.6) is 0 Å². The monoisotopic (exact) mass is 459 g/mol. The third-order valence-corrected chi connectivity index (χ3v) is 6.54. The summed E-state index contributed by atoms with van der Waals surface area (Å²) in [4.78, 5) is 31.9. The quantitative estimate of drug-likeness (QED) is 0.641. The summed E-state index contributed by atoms with van der Waals surface area (Å²) in [5, 5.41) is 3.55. The van der Waals surface area contributed by atoms with Crippen molar-refractivity contribution < 1.29 is 14.3 Å². The molecule has 3 rings (SSSR count). The van der Waals surface area contributed by atoms with Crippen LogP contribution in [-0.2, 0) is 14.3 Å². The molecule has 1 aliphatic rings. The first-order valence-corrected chi connectivity index (χ1v) is 11.2. The molecule has 0 bridgehead atoms. The van der Waals surface area contributed by atoms with E-state index in [1.807, 2.05) is 51.1 Å². The second-order valence-electron chi connectivity index (χ2n) is 7.49. The van der Waals surface area contributed by atoms with Gasteiger partial charge in [-0.3, -0.25) is 14.5 Å². The van der Waals surface area contributed by atoms with Crippen LogP contribution in [0.4, 0.5) is 11.4 Å². The maximum atomic E-state index is 13.0. The Balaban J connectivity index is 1.77. The van der Waals surface area contributed by atoms with Crippen LogP contribution in [0.1, 0.15) is 23.1 Å². The van der Waals surface area contributed by atoms with Gasteiger partial charge in [-0.2, -0.15) is 0 Å². The number of rotatable bonds is 7. The lowest BCUT2D eigenvalue weighted by Crippen LogP contribution is -2.35. The molecule has 6 nitrogen and oxygen atoms in total. The maximum absolute atomic E-state index is 13.0. The number of halogens is 1. The molecule has 1 atom stereocenters. The number of anilines is 1. The molecule has 0 saturated carbocycles. The van der Waals surface area contributed by atoms with Gasteiger partial charge in [0.25, 0.3) is 0 Å². The molecule has 8 heteroatoms. The van der Waals surface area contributed by atoms with Crippen molar-refractivity contribution in [3.63, 3.8) is 0 Å². The molecule has 1 N–H and O–H groups in total. The van der Waals surface area contributed by atoms with Crippen molar-refractivity contribution in [3.05, 3.63) is 58.1 Å². The summed E-state index contributed by atoms with van der Waals surface area (Å²) >= 11 is 7.51. The van der Waals surface area contributed by atoms with Crippen molar-refractivity contribution >= 4 is 51.7 Å². The third-order valence-electron chi connectivity index (χ3n) is 4.96. The van der Waals surface area contributed by atoms with E-state index in [1.54, 1.807) is 18.1 Å². The third kappa shape index (κ3) is 5.87. The number of carbonyl (C=O) groups excluding carboxylic acids is 2. The van der Waals surface area contributed by atoms with E-state index in [9.17, 15) is 9.59 Å². The number of thioether (sulfide) groups is 1. The molecule has 1 unspecified atom stereocenters. The number of ether oxygens (including phenoxy) is 1. The van der Waals surface area contributed by atoms with Gasteiger partial charge in [-0.25, -0.2) is 4.99 Å². The topological polar surface area (TPSA) is 71.0 Å². The molecule has 0 spiro atoms. The fraction of sp³-hybridized carbons (Fsp3) is 0.348. The minimum atomic E-state index is -0.540. The van der Waals surface area contributed by atoms with Crippen molar-refractivity contribution in [1.29, 1.82) is 0 Å². The number of hydrogen-bond donors (Lipinski definition) is 1. The first-order valence-electron chi connectivity index (χ1n) is 9.97. The van der Waals surface area contributed by atoms with Crippen LogP contribution < -0.4 is 5.32 Å². The summed E-state index contributed by atoms with van der Waals surface area (Å²) in [6.07, 6.45) is 0.0635. The number of benzene rings is 2. The van der Waals surface area contributed by atoms with E-state index in [2.05, 4.69) is 10.3 Å². The second kappa shape index (κ2) is 10.3. The number of nitrogens with one attached hydrogen (secondary N) is 1. The molecule has 164 valence electrons. The van der Waals surface area contributed by atoms with Gasteiger partial charge in [0.1, 0.15) is 5.25 Å². The Labute approximate surface area is 192 Å². The molecule has 1 aliphatic heterocycles. The van der Waals surface area contributed by atoms with Crippen molar-refractivity contribution in [2.24, 2.45) is 4.99 Å². The molecule has 2 aromatic rings. The Morgan fingerprint density at radius 1 is 1.19 bits per heavy atom. The van der Waals surface area contributed by atoms with Crippen molar-refractivity contribution in [2.75, 3.05) is 25.6 Å². The molecule has 1 saturated heterocycles. The zero-order valence-corrected chi connectivity index (χ0v) is 19.6. The van der Waals surface area contributed by atoms with E-state index in [0.29, 0.717) is 29.0 Å². The Kier molecular flexibility index (Phi) is 7.75. The Morgan fingerprint density at radius 3 is 2.65 bits per heavy atom. The van der Waals surface area contributed by atoms with E-state index >= 15 is 0 Å². The van der Waals surface area contributed by atoms with Crippen LogP contribution in [0.25, 0.3) is 0 Å². The molecule has 0 aliphatic carbocycles. The van der Waals surface area contributed by atoms with E-state index in [-0.39, 0.29) is 18.2 Å². The second-order valence-corrected chi connectivity index (χ2v) is 9.06. The number of hydrogen-bond acceptors (Lipinski definition) is 5. The number of aryl methyl sites for hydroxylation is 3. The predicted octanol–water partition coefficient (Wildman–Crippen LogP) is 4.87. The molecular formula is C23H26ClN3O3S. The fourth-order valence-electron chi connectivity index (χ4n) is 3.12. The van der Waals surface area contributed by atoms with Crippen LogP contribution >= 0.6 is 23.4 Å². The van der Waals surface area contributed by atoms with Crippen molar-refractivity contribution in [2.45, 2.75) is 32.4 Å². The summed E-state index contributed by atoms with van der Waals surface area (Å²) in [5.74, 6) is -0.346. The molecule has 2 aromatic carbocycles. The highest BCUT2D eigenvalue weighted by Crippen LogP contribution is 2.33. The van der Waals surface area contributed by atoms with Gasteiger partial charge >= 0.3 is 0 Å². The first kappa shape index (κ1) is 23.3. The van der Waals surface area contributed by atoms with Gasteiger partial charge in [-0.05, 0) is 55.7 Å². The number of nitrogens with zero attached hydrogens (tertiary/aromatic N) is 2. The fourth-order valence-corrected chi connectivity index (χ4v) is 4.47. The van der Waals surface area contributed by atoms with E-state index in [0.717, 1.165) is 22.4 Å². The van der Waals surface area contributed by atoms with Gasteiger partial charge in [0.15, 0.2) is 5.17 Å². The van der Waals surface area contributed by atoms with Gasteiger partial charge in [-0.15, -0.1) is 0 Å². The first-order chi connectivity index (χ1) is 14.8. The Bertz CT molecular complexity index is 1030.